The fourth-order valence-corrected chi connectivity index (χ4v) is 3.68. The van der Waals surface area contributed by atoms with Crippen LogP contribution in [-0.4, -0.2) is 21.2 Å². The number of hydrogen-bond donors (Lipinski definition) is 2. The largest absolute Gasteiger partial charge is 0.360 e. The molecular formula is C22H22N4O. The predicted molar refractivity (Wildman–Crippen MR) is 112 cm³/mol. The monoisotopic (exact) mass is 358 g/mol. The minimum Gasteiger partial charge on any atom is -0.360 e. The zero-order valence-electron chi connectivity index (χ0n) is 16.2. The van der Waals surface area contributed by atoms with Crippen molar-refractivity contribution in [2.45, 2.75) is 34.6 Å². The number of hydrogen-bond acceptors (Lipinski definition) is 3. The smallest absolute Gasteiger partial charge is 0.259 e. The van der Waals surface area contributed by atoms with E-state index in [1.54, 1.807) is 12.4 Å². The average molecular weight is 358 g/mol. The van der Waals surface area contributed by atoms with E-state index in [2.05, 4.69) is 49.6 Å². The van der Waals surface area contributed by atoms with Crippen LogP contribution >= 0.6 is 0 Å². The minimum atomic E-state index is -0.173. The molecule has 4 rings (SSSR count). The number of nitrogens with zero attached hydrogens (tertiary/aromatic N) is 2. The van der Waals surface area contributed by atoms with E-state index in [4.69, 9.17) is 4.99 Å². The van der Waals surface area contributed by atoms with Crippen LogP contribution < -0.4 is 5.56 Å². The maximum absolute atomic E-state index is 12.6. The molecule has 0 aliphatic rings. The summed E-state index contributed by atoms with van der Waals surface area (Å²) in [5.74, 6) is 0. The molecule has 0 radical (unpaired) electrons. The van der Waals surface area contributed by atoms with Gasteiger partial charge in [0.15, 0.2) is 0 Å². The normalized spacial score (nSPS) is 11.9. The standard InChI is InChI=1S/C22H22N4O/c1-11-12(2)14(4)20(15(5)13(11)3)24-9-17-19-16-7-6-8-23-18(16)10-25-21(19)26-22(17)27/h6-10,23H,1-5H3,(H,25,26,27). The van der Waals surface area contributed by atoms with Crippen molar-refractivity contribution >= 4 is 33.8 Å². The summed E-state index contributed by atoms with van der Waals surface area (Å²) in [5.41, 5.74) is 8.85. The lowest BCUT2D eigenvalue weighted by Crippen LogP contribution is -2.04. The molecule has 0 saturated carbocycles. The summed E-state index contributed by atoms with van der Waals surface area (Å²) in [6.07, 6.45) is 5.26. The highest BCUT2D eigenvalue weighted by Gasteiger charge is 2.14. The number of rotatable bonds is 2. The molecule has 4 aromatic rings. The van der Waals surface area contributed by atoms with Crippen molar-refractivity contribution in [1.29, 1.82) is 0 Å². The Kier molecular flexibility index (Phi) is 3.95. The van der Waals surface area contributed by atoms with E-state index >= 15 is 0 Å². The number of fused-ring (bicyclic) bond motifs is 3. The van der Waals surface area contributed by atoms with Crippen LogP contribution in [0.2, 0.25) is 0 Å². The van der Waals surface area contributed by atoms with Crippen LogP contribution in [-0.2, 0) is 0 Å². The second-order valence-corrected chi connectivity index (χ2v) is 7.08. The summed E-state index contributed by atoms with van der Waals surface area (Å²) >= 11 is 0. The third-order valence-electron chi connectivity index (χ3n) is 5.75. The third kappa shape index (κ3) is 2.58. The highest BCUT2D eigenvalue weighted by atomic mass is 16.1. The molecule has 5 nitrogen and oxygen atoms in total. The maximum atomic E-state index is 12.6. The number of aromatic nitrogens is 3. The molecular weight excluding hydrogens is 336 g/mol. The van der Waals surface area contributed by atoms with Gasteiger partial charge in [0.1, 0.15) is 5.65 Å². The molecule has 136 valence electrons. The van der Waals surface area contributed by atoms with Crippen molar-refractivity contribution in [1.82, 2.24) is 15.0 Å². The zero-order valence-corrected chi connectivity index (χ0v) is 16.2. The number of benzene rings is 1. The molecule has 27 heavy (non-hydrogen) atoms. The van der Waals surface area contributed by atoms with Crippen molar-refractivity contribution in [3.63, 3.8) is 0 Å². The van der Waals surface area contributed by atoms with Gasteiger partial charge in [0.05, 0.1) is 23.0 Å². The van der Waals surface area contributed by atoms with E-state index in [0.717, 1.165) is 33.1 Å². The molecule has 0 aliphatic heterocycles. The summed E-state index contributed by atoms with van der Waals surface area (Å²) in [6, 6.07) is 3.90. The van der Waals surface area contributed by atoms with Crippen LogP contribution in [0.1, 0.15) is 33.4 Å². The number of nitrogens with one attached hydrogen (secondary N) is 2. The summed E-state index contributed by atoms with van der Waals surface area (Å²) in [4.78, 5) is 27.7. The van der Waals surface area contributed by atoms with Crippen LogP contribution in [0.25, 0.3) is 21.9 Å². The van der Waals surface area contributed by atoms with Gasteiger partial charge in [-0.2, -0.15) is 0 Å². The lowest BCUT2D eigenvalue weighted by molar-refractivity contribution is 1.16. The van der Waals surface area contributed by atoms with E-state index in [-0.39, 0.29) is 5.56 Å². The first-order valence-corrected chi connectivity index (χ1v) is 8.99. The van der Waals surface area contributed by atoms with Gasteiger partial charge in [-0.25, -0.2) is 4.98 Å². The zero-order chi connectivity index (χ0) is 19.3. The second kappa shape index (κ2) is 6.20. The Labute approximate surface area is 157 Å². The Hall–Kier alpha value is -3.21. The molecule has 0 unspecified atom stereocenters. The van der Waals surface area contributed by atoms with Gasteiger partial charge in [0, 0.05) is 23.2 Å². The number of H-pyrrole nitrogens is 2. The van der Waals surface area contributed by atoms with Crippen LogP contribution in [0.15, 0.2) is 34.3 Å². The molecule has 0 amide bonds. The Balaban J connectivity index is 1.97. The highest BCUT2D eigenvalue weighted by molar-refractivity contribution is 6.11. The van der Waals surface area contributed by atoms with Crippen LogP contribution in [0.4, 0.5) is 5.69 Å². The molecule has 2 N–H and O–H groups in total. The van der Waals surface area contributed by atoms with E-state index in [0.29, 0.717) is 11.2 Å². The first-order chi connectivity index (χ1) is 12.9. The van der Waals surface area contributed by atoms with Gasteiger partial charge in [-0.05, 0) is 68.5 Å². The van der Waals surface area contributed by atoms with Crippen molar-refractivity contribution < 1.29 is 0 Å². The van der Waals surface area contributed by atoms with E-state index in [1.807, 2.05) is 18.3 Å². The van der Waals surface area contributed by atoms with Crippen molar-refractivity contribution in [2.75, 3.05) is 0 Å². The molecule has 3 aromatic heterocycles. The van der Waals surface area contributed by atoms with Crippen molar-refractivity contribution in [2.24, 2.45) is 4.99 Å². The van der Waals surface area contributed by atoms with E-state index in [1.165, 1.54) is 16.7 Å². The highest BCUT2D eigenvalue weighted by Crippen LogP contribution is 2.32. The Morgan fingerprint density at radius 3 is 2.37 bits per heavy atom. The van der Waals surface area contributed by atoms with Crippen LogP contribution in [0.3, 0.4) is 0 Å². The van der Waals surface area contributed by atoms with E-state index < -0.39 is 0 Å². The molecule has 0 saturated heterocycles. The fraction of sp³-hybridized carbons (Fsp3) is 0.227. The average Bonchev–Trinajstić information content (AvgIpc) is 3.00. The molecule has 5 heteroatoms. The first-order valence-electron chi connectivity index (χ1n) is 8.99. The van der Waals surface area contributed by atoms with Gasteiger partial charge in [-0.15, -0.1) is 0 Å². The number of aromatic amines is 2. The minimum absolute atomic E-state index is 0.173. The van der Waals surface area contributed by atoms with Gasteiger partial charge in [0.25, 0.3) is 5.56 Å². The quantitative estimate of drug-likeness (QED) is 0.510. The number of aliphatic imine (C=N–C) groups is 1. The lowest BCUT2D eigenvalue weighted by Gasteiger charge is -2.15. The third-order valence-corrected chi connectivity index (χ3v) is 5.75. The summed E-state index contributed by atoms with van der Waals surface area (Å²) in [7, 11) is 0. The second-order valence-electron chi connectivity index (χ2n) is 7.08. The molecule has 0 spiro atoms. The molecule has 0 aliphatic carbocycles. The molecule has 1 aromatic carbocycles. The summed E-state index contributed by atoms with van der Waals surface area (Å²) in [6.45, 7) is 10.5. The van der Waals surface area contributed by atoms with E-state index in [9.17, 15) is 4.79 Å². The first kappa shape index (κ1) is 17.2. The Bertz CT molecular complexity index is 1260. The van der Waals surface area contributed by atoms with Gasteiger partial charge in [0.2, 0.25) is 0 Å². The SMILES string of the molecule is Cc1c(C)c(C)c(N=Cc2c(=O)[nH]c3ncc4[nH]cccc4c23)c(C)c1C. The summed E-state index contributed by atoms with van der Waals surface area (Å²) < 4.78 is 0. The topological polar surface area (TPSA) is 73.9 Å². The van der Waals surface area contributed by atoms with Crippen molar-refractivity contribution in [3.05, 3.63) is 68.3 Å². The van der Waals surface area contributed by atoms with Gasteiger partial charge in [-0.1, -0.05) is 6.07 Å². The molecule has 0 bridgehead atoms. The maximum Gasteiger partial charge on any atom is 0.259 e. The van der Waals surface area contributed by atoms with Crippen LogP contribution in [0.5, 0.6) is 0 Å². The predicted octanol–water partition coefficient (Wildman–Crippen LogP) is 4.70. The van der Waals surface area contributed by atoms with Gasteiger partial charge < -0.3 is 9.97 Å². The Morgan fingerprint density at radius 2 is 1.67 bits per heavy atom. The Morgan fingerprint density at radius 1 is 1.00 bits per heavy atom. The molecule has 0 fully saturated rings. The summed E-state index contributed by atoms with van der Waals surface area (Å²) in [5, 5.41) is 1.75. The molecule has 3 heterocycles. The lowest BCUT2D eigenvalue weighted by atomic mass is 9.93. The van der Waals surface area contributed by atoms with Crippen molar-refractivity contribution in [3.8, 4) is 0 Å². The van der Waals surface area contributed by atoms with Gasteiger partial charge >= 0.3 is 0 Å². The van der Waals surface area contributed by atoms with Gasteiger partial charge in [-0.3, -0.25) is 9.79 Å². The fourth-order valence-electron chi connectivity index (χ4n) is 3.68. The molecule has 0 atom stereocenters. The number of pyridine rings is 2. The van der Waals surface area contributed by atoms with Crippen LogP contribution in [0, 0.1) is 34.6 Å².